The van der Waals surface area contributed by atoms with Gasteiger partial charge in [0.15, 0.2) is 0 Å². The number of benzene rings is 1. The topological polar surface area (TPSA) is 32.8 Å². The Kier molecular flexibility index (Phi) is 4.43. The van der Waals surface area contributed by atoms with Gasteiger partial charge in [-0.15, -0.1) is 0 Å². The van der Waals surface area contributed by atoms with E-state index in [-0.39, 0.29) is 12.1 Å². The molecular weight excluding hydrogens is 240 g/mol. The van der Waals surface area contributed by atoms with Crippen LogP contribution in [-0.2, 0) is 11.3 Å². The van der Waals surface area contributed by atoms with Crippen molar-refractivity contribution in [3.05, 3.63) is 35.9 Å². The molecule has 0 aromatic heterocycles. The van der Waals surface area contributed by atoms with Crippen LogP contribution in [0.25, 0.3) is 0 Å². The fourth-order valence-electron chi connectivity index (χ4n) is 2.36. The van der Waals surface area contributed by atoms with Gasteiger partial charge in [0, 0.05) is 25.2 Å². The molecule has 1 aliphatic rings. The molecule has 1 aromatic carbocycles. The van der Waals surface area contributed by atoms with Crippen molar-refractivity contribution in [2.24, 2.45) is 0 Å². The van der Waals surface area contributed by atoms with Crippen molar-refractivity contribution in [2.75, 3.05) is 20.1 Å². The van der Waals surface area contributed by atoms with Crippen LogP contribution in [0.4, 0.5) is 4.79 Å². The number of carbonyl (C=O) groups excluding carboxylic acids is 1. The zero-order valence-electron chi connectivity index (χ0n) is 11.9. The van der Waals surface area contributed by atoms with E-state index in [2.05, 4.69) is 25.8 Å². The van der Waals surface area contributed by atoms with Crippen LogP contribution >= 0.6 is 0 Å². The van der Waals surface area contributed by atoms with Crippen LogP contribution < -0.4 is 0 Å². The average molecular weight is 262 g/mol. The van der Waals surface area contributed by atoms with Gasteiger partial charge in [-0.3, -0.25) is 4.90 Å². The zero-order chi connectivity index (χ0) is 13.8. The summed E-state index contributed by atoms with van der Waals surface area (Å²) in [6.45, 7) is 6.15. The average Bonchev–Trinajstić information content (AvgIpc) is 2.41. The Morgan fingerprint density at radius 1 is 1.21 bits per heavy atom. The normalized spacial score (nSPS) is 24.3. The summed E-state index contributed by atoms with van der Waals surface area (Å²) < 4.78 is 5.39. The lowest BCUT2D eigenvalue weighted by Gasteiger charge is -2.41. The first-order valence-electron chi connectivity index (χ1n) is 6.75. The monoisotopic (exact) mass is 262 g/mol. The summed E-state index contributed by atoms with van der Waals surface area (Å²) in [5.41, 5.74) is 1.02. The molecule has 1 fully saturated rings. The van der Waals surface area contributed by atoms with E-state index < -0.39 is 0 Å². The first kappa shape index (κ1) is 13.9. The highest BCUT2D eigenvalue weighted by molar-refractivity contribution is 5.68. The molecule has 19 heavy (non-hydrogen) atoms. The first-order chi connectivity index (χ1) is 9.08. The molecule has 1 heterocycles. The van der Waals surface area contributed by atoms with Gasteiger partial charge in [-0.05, 0) is 26.5 Å². The van der Waals surface area contributed by atoms with Crippen molar-refractivity contribution in [1.29, 1.82) is 0 Å². The minimum atomic E-state index is -0.212. The quantitative estimate of drug-likeness (QED) is 0.820. The third-order valence-electron chi connectivity index (χ3n) is 3.74. The fourth-order valence-corrected chi connectivity index (χ4v) is 2.36. The largest absolute Gasteiger partial charge is 0.445 e. The second-order valence-corrected chi connectivity index (χ2v) is 5.33. The van der Waals surface area contributed by atoms with E-state index >= 15 is 0 Å². The van der Waals surface area contributed by atoms with Crippen LogP contribution in [0.1, 0.15) is 19.4 Å². The highest BCUT2D eigenvalue weighted by Crippen LogP contribution is 2.15. The third kappa shape index (κ3) is 3.47. The smallest absolute Gasteiger partial charge is 0.410 e. The van der Waals surface area contributed by atoms with Crippen molar-refractivity contribution in [3.63, 3.8) is 0 Å². The maximum atomic E-state index is 12.1. The van der Waals surface area contributed by atoms with E-state index in [1.807, 2.05) is 35.2 Å². The van der Waals surface area contributed by atoms with E-state index in [4.69, 9.17) is 4.74 Å². The molecule has 2 atom stereocenters. The highest BCUT2D eigenvalue weighted by Gasteiger charge is 2.30. The van der Waals surface area contributed by atoms with E-state index in [9.17, 15) is 4.79 Å². The van der Waals surface area contributed by atoms with Gasteiger partial charge < -0.3 is 9.64 Å². The minimum absolute atomic E-state index is 0.199. The molecule has 1 aliphatic heterocycles. The molecule has 0 radical (unpaired) electrons. The number of hydrogen-bond donors (Lipinski definition) is 0. The minimum Gasteiger partial charge on any atom is -0.445 e. The Hall–Kier alpha value is -1.55. The zero-order valence-corrected chi connectivity index (χ0v) is 11.9. The highest BCUT2D eigenvalue weighted by atomic mass is 16.6. The summed E-state index contributed by atoms with van der Waals surface area (Å²) in [6, 6.07) is 10.3. The van der Waals surface area contributed by atoms with Gasteiger partial charge in [0.05, 0.1) is 0 Å². The van der Waals surface area contributed by atoms with Crippen molar-refractivity contribution in [2.45, 2.75) is 32.5 Å². The summed E-state index contributed by atoms with van der Waals surface area (Å²) in [6.07, 6.45) is -0.212. The maximum absolute atomic E-state index is 12.1. The van der Waals surface area contributed by atoms with Gasteiger partial charge >= 0.3 is 6.09 Å². The van der Waals surface area contributed by atoms with E-state index in [1.165, 1.54) is 0 Å². The van der Waals surface area contributed by atoms with E-state index in [1.54, 1.807) is 0 Å². The molecule has 1 saturated heterocycles. The molecule has 1 aromatic rings. The van der Waals surface area contributed by atoms with Gasteiger partial charge in [-0.2, -0.15) is 0 Å². The standard InChI is InChI=1S/C15H22N2O2/c1-12-10-17(13(2)9-16(12)3)15(18)19-11-14-7-5-4-6-8-14/h4-8,12-13H,9-11H2,1-3H3/t12-,13+/m1/s1. The number of likely N-dealkylation sites (N-methyl/N-ethyl adjacent to an activating group) is 1. The lowest BCUT2D eigenvalue weighted by Crippen LogP contribution is -2.56. The van der Waals surface area contributed by atoms with Gasteiger partial charge in [0.25, 0.3) is 0 Å². The van der Waals surface area contributed by atoms with Crippen LogP contribution in [-0.4, -0.2) is 48.1 Å². The Labute approximate surface area is 115 Å². The molecule has 4 heteroatoms. The molecule has 0 bridgehead atoms. The second kappa shape index (κ2) is 6.06. The molecule has 0 unspecified atom stereocenters. The Morgan fingerprint density at radius 2 is 1.89 bits per heavy atom. The van der Waals surface area contributed by atoms with E-state index in [0.717, 1.165) is 18.7 Å². The van der Waals surface area contributed by atoms with Crippen molar-refractivity contribution in [3.8, 4) is 0 Å². The predicted octanol–water partition coefficient (Wildman–Crippen LogP) is 2.35. The number of carbonyl (C=O) groups is 1. The molecule has 2 rings (SSSR count). The van der Waals surface area contributed by atoms with Gasteiger partial charge in [0.2, 0.25) is 0 Å². The Balaban J connectivity index is 1.89. The molecule has 104 valence electrons. The lowest BCUT2D eigenvalue weighted by molar-refractivity contribution is 0.0352. The Bertz CT molecular complexity index is 421. The second-order valence-electron chi connectivity index (χ2n) is 5.33. The van der Waals surface area contributed by atoms with Crippen LogP contribution in [0, 0.1) is 0 Å². The molecule has 0 N–H and O–H groups in total. The first-order valence-corrected chi connectivity index (χ1v) is 6.75. The molecule has 0 saturated carbocycles. The molecule has 0 spiro atoms. The van der Waals surface area contributed by atoms with Crippen molar-refractivity contribution < 1.29 is 9.53 Å². The van der Waals surface area contributed by atoms with Gasteiger partial charge in [-0.1, -0.05) is 30.3 Å². The number of nitrogens with zero attached hydrogens (tertiary/aromatic N) is 2. The lowest BCUT2D eigenvalue weighted by atomic mass is 10.1. The number of amides is 1. The van der Waals surface area contributed by atoms with Crippen LogP contribution in [0.5, 0.6) is 0 Å². The van der Waals surface area contributed by atoms with Crippen LogP contribution in [0.2, 0.25) is 0 Å². The maximum Gasteiger partial charge on any atom is 0.410 e. The van der Waals surface area contributed by atoms with Crippen molar-refractivity contribution >= 4 is 6.09 Å². The molecule has 4 nitrogen and oxygen atoms in total. The van der Waals surface area contributed by atoms with Crippen molar-refractivity contribution in [1.82, 2.24) is 9.80 Å². The SMILES string of the molecule is C[C@@H]1CN(C(=O)OCc2ccccc2)[C@@H](C)CN1C. The number of ether oxygens (including phenoxy) is 1. The molecule has 1 amide bonds. The molecular formula is C15H22N2O2. The Morgan fingerprint density at radius 3 is 2.58 bits per heavy atom. The molecule has 0 aliphatic carbocycles. The summed E-state index contributed by atoms with van der Waals surface area (Å²) in [5.74, 6) is 0. The summed E-state index contributed by atoms with van der Waals surface area (Å²) in [4.78, 5) is 16.2. The van der Waals surface area contributed by atoms with Crippen LogP contribution in [0.3, 0.4) is 0 Å². The fraction of sp³-hybridized carbons (Fsp3) is 0.533. The number of hydrogen-bond acceptors (Lipinski definition) is 3. The third-order valence-corrected chi connectivity index (χ3v) is 3.74. The summed E-state index contributed by atoms with van der Waals surface area (Å²) >= 11 is 0. The van der Waals surface area contributed by atoms with Crippen LogP contribution in [0.15, 0.2) is 30.3 Å². The van der Waals surface area contributed by atoms with Gasteiger partial charge in [0.1, 0.15) is 6.61 Å². The summed E-state index contributed by atoms with van der Waals surface area (Å²) in [7, 11) is 2.09. The van der Waals surface area contributed by atoms with Gasteiger partial charge in [-0.25, -0.2) is 4.79 Å². The number of rotatable bonds is 2. The predicted molar refractivity (Wildman–Crippen MR) is 74.9 cm³/mol. The number of piperazine rings is 1. The summed E-state index contributed by atoms with van der Waals surface area (Å²) in [5, 5.41) is 0. The van der Waals surface area contributed by atoms with E-state index in [0.29, 0.717) is 12.6 Å².